The van der Waals surface area contributed by atoms with Crippen LogP contribution in [-0.4, -0.2) is 20.7 Å². The number of hydrogen-bond donors (Lipinski definition) is 2. The van der Waals surface area contributed by atoms with Crippen molar-refractivity contribution in [2.24, 2.45) is 5.14 Å². The molecule has 0 amide bonds. The van der Waals surface area contributed by atoms with Crippen molar-refractivity contribution >= 4 is 26.0 Å². The average Bonchev–Trinajstić information content (AvgIpc) is 2.16. The molecule has 90 valence electrons. The minimum absolute atomic E-state index is 0.0477. The summed E-state index contributed by atoms with van der Waals surface area (Å²) in [6.45, 7) is 2.34. The number of sulfonamides is 1. The molecule has 0 saturated heterocycles. The monoisotopic (exact) mass is 306 g/mol. The van der Waals surface area contributed by atoms with Crippen LogP contribution in [-0.2, 0) is 10.0 Å². The Balaban J connectivity index is 2.47. The summed E-state index contributed by atoms with van der Waals surface area (Å²) in [7, 11) is -3.38. The van der Waals surface area contributed by atoms with Gasteiger partial charge in [-0.05, 0) is 24.6 Å². The molecular formula is C10H15BrN2O2S. The lowest BCUT2D eigenvalue weighted by atomic mass is 10.1. The van der Waals surface area contributed by atoms with Crippen LogP contribution in [0.2, 0.25) is 0 Å². The van der Waals surface area contributed by atoms with Gasteiger partial charge in [-0.1, -0.05) is 28.1 Å². The standard InChI is InChI=1S/C10H15BrN2O2S/c1-8(13-6-7-16(12,14)15)9-2-4-10(11)5-3-9/h2-5,8,13H,6-7H2,1H3,(H2,12,14,15)/t8-/m1/s1. The number of hydrogen-bond acceptors (Lipinski definition) is 3. The Morgan fingerprint density at radius 3 is 2.44 bits per heavy atom. The van der Waals surface area contributed by atoms with Gasteiger partial charge in [-0.2, -0.15) is 0 Å². The molecule has 0 aromatic heterocycles. The van der Waals surface area contributed by atoms with Gasteiger partial charge < -0.3 is 5.32 Å². The number of nitrogens with two attached hydrogens (primary N) is 1. The first-order chi connectivity index (χ1) is 7.38. The van der Waals surface area contributed by atoms with Crippen molar-refractivity contribution in [2.45, 2.75) is 13.0 Å². The smallest absolute Gasteiger partial charge is 0.210 e. The molecule has 0 radical (unpaired) electrons. The van der Waals surface area contributed by atoms with E-state index in [1.54, 1.807) is 0 Å². The van der Waals surface area contributed by atoms with Gasteiger partial charge in [0.25, 0.3) is 0 Å². The maximum absolute atomic E-state index is 10.7. The van der Waals surface area contributed by atoms with Crippen LogP contribution in [0.5, 0.6) is 0 Å². The first kappa shape index (κ1) is 13.6. The van der Waals surface area contributed by atoms with Crippen LogP contribution < -0.4 is 10.5 Å². The number of halogens is 1. The first-order valence-corrected chi connectivity index (χ1v) is 7.38. The van der Waals surface area contributed by atoms with Gasteiger partial charge in [0.15, 0.2) is 0 Å². The number of benzene rings is 1. The zero-order chi connectivity index (χ0) is 12.2. The highest BCUT2D eigenvalue weighted by Crippen LogP contribution is 2.16. The van der Waals surface area contributed by atoms with Crippen LogP contribution in [0.3, 0.4) is 0 Å². The third-order valence-electron chi connectivity index (χ3n) is 2.21. The highest BCUT2D eigenvalue weighted by atomic mass is 79.9. The predicted octanol–water partition coefficient (Wildman–Crippen LogP) is 1.39. The topological polar surface area (TPSA) is 72.2 Å². The highest BCUT2D eigenvalue weighted by Gasteiger charge is 2.06. The van der Waals surface area contributed by atoms with Gasteiger partial charge >= 0.3 is 0 Å². The van der Waals surface area contributed by atoms with E-state index in [0.717, 1.165) is 10.0 Å². The molecular weight excluding hydrogens is 292 g/mol. The largest absolute Gasteiger partial charge is 0.309 e. The number of rotatable bonds is 5. The molecule has 0 heterocycles. The Bertz CT molecular complexity index is 431. The maximum Gasteiger partial charge on any atom is 0.210 e. The number of nitrogens with one attached hydrogen (secondary N) is 1. The summed E-state index contributed by atoms with van der Waals surface area (Å²) in [5.74, 6) is -0.0477. The molecule has 0 fully saturated rings. The molecule has 1 aromatic rings. The second-order valence-electron chi connectivity index (χ2n) is 3.59. The van der Waals surface area contributed by atoms with Gasteiger partial charge in [0.1, 0.15) is 0 Å². The van der Waals surface area contributed by atoms with Crippen molar-refractivity contribution < 1.29 is 8.42 Å². The molecule has 3 N–H and O–H groups in total. The fourth-order valence-corrected chi connectivity index (χ4v) is 1.95. The van der Waals surface area contributed by atoms with Crippen molar-refractivity contribution in [1.82, 2.24) is 5.32 Å². The molecule has 0 aliphatic carbocycles. The zero-order valence-electron chi connectivity index (χ0n) is 8.98. The van der Waals surface area contributed by atoms with Crippen LogP contribution in [0.15, 0.2) is 28.7 Å². The van der Waals surface area contributed by atoms with Crippen molar-refractivity contribution in [3.8, 4) is 0 Å². The lowest BCUT2D eigenvalue weighted by Crippen LogP contribution is -2.28. The second kappa shape index (κ2) is 5.77. The molecule has 0 unspecified atom stereocenters. The summed E-state index contributed by atoms with van der Waals surface area (Å²) in [5.41, 5.74) is 1.11. The summed E-state index contributed by atoms with van der Waals surface area (Å²) < 4.78 is 22.5. The van der Waals surface area contributed by atoms with E-state index in [9.17, 15) is 8.42 Å². The van der Waals surface area contributed by atoms with Crippen molar-refractivity contribution in [3.63, 3.8) is 0 Å². The van der Waals surface area contributed by atoms with E-state index in [0.29, 0.717) is 6.54 Å². The van der Waals surface area contributed by atoms with E-state index in [1.807, 2.05) is 31.2 Å². The fourth-order valence-electron chi connectivity index (χ4n) is 1.29. The van der Waals surface area contributed by atoms with Crippen LogP contribution in [0.4, 0.5) is 0 Å². The van der Waals surface area contributed by atoms with E-state index in [4.69, 9.17) is 5.14 Å². The predicted molar refractivity (Wildman–Crippen MR) is 68.5 cm³/mol. The zero-order valence-corrected chi connectivity index (χ0v) is 11.4. The third-order valence-corrected chi connectivity index (χ3v) is 3.51. The van der Waals surface area contributed by atoms with E-state index in [2.05, 4.69) is 21.2 Å². The molecule has 0 saturated carbocycles. The Hall–Kier alpha value is -0.430. The van der Waals surface area contributed by atoms with E-state index < -0.39 is 10.0 Å². The summed E-state index contributed by atoms with van der Waals surface area (Å²) in [6, 6.07) is 7.98. The molecule has 1 atom stereocenters. The summed E-state index contributed by atoms with van der Waals surface area (Å²) in [4.78, 5) is 0. The lowest BCUT2D eigenvalue weighted by Gasteiger charge is -2.13. The molecule has 0 aliphatic heterocycles. The number of primary sulfonamides is 1. The minimum Gasteiger partial charge on any atom is -0.309 e. The van der Waals surface area contributed by atoms with Gasteiger partial charge in [0.05, 0.1) is 5.75 Å². The summed E-state index contributed by atoms with van der Waals surface area (Å²) in [6.07, 6.45) is 0. The highest BCUT2D eigenvalue weighted by molar-refractivity contribution is 9.10. The summed E-state index contributed by atoms with van der Waals surface area (Å²) >= 11 is 3.36. The SMILES string of the molecule is C[C@@H](NCCS(N)(=O)=O)c1ccc(Br)cc1. The van der Waals surface area contributed by atoms with Crippen LogP contribution in [0.25, 0.3) is 0 Å². The van der Waals surface area contributed by atoms with Gasteiger partial charge in [-0.3, -0.25) is 0 Å². The summed E-state index contributed by atoms with van der Waals surface area (Å²) in [5, 5.41) is 8.01. The van der Waals surface area contributed by atoms with Crippen LogP contribution in [0, 0.1) is 0 Å². The second-order valence-corrected chi connectivity index (χ2v) is 6.24. The normalized spacial score (nSPS) is 13.7. The van der Waals surface area contributed by atoms with Crippen LogP contribution in [0.1, 0.15) is 18.5 Å². The van der Waals surface area contributed by atoms with E-state index >= 15 is 0 Å². The Morgan fingerprint density at radius 2 is 1.94 bits per heavy atom. The van der Waals surface area contributed by atoms with Gasteiger partial charge in [0.2, 0.25) is 10.0 Å². The van der Waals surface area contributed by atoms with Gasteiger partial charge in [-0.25, -0.2) is 13.6 Å². The lowest BCUT2D eigenvalue weighted by molar-refractivity contribution is 0.573. The molecule has 16 heavy (non-hydrogen) atoms. The molecule has 4 nitrogen and oxygen atoms in total. The van der Waals surface area contributed by atoms with Crippen molar-refractivity contribution in [2.75, 3.05) is 12.3 Å². The molecule has 0 bridgehead atoms. The third kappa shape index (κ3) is 5.07. The molecule has 1 rings (SSSR count). The molecule has 0 spiro atoms. The molecule has 1 aromatic carbocycles. The van der Waals surface area contributed by atoms with Crippen LogP contribution >= 0.6 is 15.9 Å². The Kier molecular flexibility index (Phi) is 4.91. The van der Waals surface area contributed by atoms with E-state index in [-0.39, 0.29) is 11.8 Å². The van der Waals surface area contributed by atoms with Gasteiger partial charge in [-0.15, -0.1) is 0 Å². The Labute approximate surface area is 104 Å². The molecule has 0 aliphatic rings. The minimum atomic E-state index is -3.38. The fraction of sp³-hybridized carbons (Fsp3) is 0.400. The molecule has 6 heteroatoms. The first-order valence-electron chi connectivity index (χ1n) is 4.88. The van der Waals surface area contributed by atoms with Crippen molar-refractivity contribution in [3.05, 3.63) is 34.3 Å². The maximum atomic E-state index is 10.7. The Morgan fingerprint density at radius 1 is 1.38 bits per heavy atom. The van der Waals surface area contributed by atoms with E-state index in [1.165, 1.54) is 0 Å². The van der Waals surface area contributed by atoms with Crippen molar-refractivity contribution in [1.29, 1.82) is 0 Å². The average molecular weight is 307 g/mol. The van der Waals surface area contributed by atoms with Gasteiger partial charge in [0, 0.05) is 17.1 Å². The quantitative estimate of drug-likeness (QED) is 0.863.